The fraction of sp³-hybridized carbons (Fsp3) is 0.462. The predicted molar refractivity (Wildman–Crippen MR) is 61.3 cm³/mol. The molecule has 1 aromatic carbocycles. The summed E-state index contributed by atoms with van der Waals surface area (Å²) in [6, 6.07) is 5.41. The van der Waals surface area contributed by atoms with Gasteiger partial charge in [0.2, 0.25) is 0 Å². The maximum atomic E-state index is 11.6. The molecule has 0 amide bonds. The molecule has 0 unspecified atom stereocenters. The zero-order chi connectivity index (χ0) is 11.4. The zero-order valence-electron chi connectivity index (χ0n) is 9.49. The van der Waals surface area contributed by atoms with E-state index < -0.39 is 0 Å². The Kier molecular flexibility index (Phi) is 3.44. The minimum Gasteiger partial charge on any atom is -0.490 e. The highest BCUT2D eigenvalue weighted by atomic mass is 16.5. The topological polar surface area (TPSA) is 35.5 Å². The van der Waals surface area contributed by atoms with Gasteiger partial charge in [0.1, 0.15) is 0 Å². The summed E-state index contributed by atoms with van der Waals surface area (Å²) in [6.07, 6.45) is 2.51. The van der Waals surface area contributed by atoms with Gasteiger partial charge in [0.25, 0.3) is 0 Å². The van der Waals surface area contributed by atoms with Crippen LogP contribution in [0.3, 0.4) is 0 Å². The predicted octanol–water partition coefficient (Wildman–Crippen LogP) is 2.83. The monoisotopic (exact) mass is 220 g/mol. The smallest absolute Gasteiger partial charge is 0.162 e. The summed E-state index contributed by atoms with van der Waals surface area (Å²) in [5, 5.41) is 0. The Hall–Kier alpha value is -1.51. The van der Waals surface area contributed by atoms with E-state index in [-0.39, 0.29) is 5.78 Å². The second kappa shape index (κ2) is 5.01. The van der Waals surface area contributed by atoms with Gasteiger partial charge in [0.05, 0.1) is 13.2 Å². The molecule has 0 aromatic heterocycles. The number of ketones is 1. The molecule has 0 spiro atoms. The fourth-order valence-electron chi connectivity index (χ4n) is 1.69. The van der Waals surface area contributed by atoms with Crippen LogP contribution in [-0.4, -0.2) is 19.0 Å². The largest absolute Gasteiger partial charge is 0.490 e. The first-order chi connectivity index (χ1) is 7.81. The summed E-state index contributed by atoms with van der Waals surface area (Å²) in [6.45, 7) is 3.27. The van der Waals surface area contributed by atoms with E-state index in [9.17, 15) is 4.79 Å². The third-order valence-electron chi connectivity index (χ3n) is 2.64. The molecular formula is C13H16O3. The van der Waals surface area contributed by atoms with Gasteiger partial charge in [-0.3, -0.25) is 4.79 Å². The number of hydrogen-bond donors (Lipinski definition) is 0. The minimum atomic E-state index is 0.133. The van der Waals surface area contributed by atoms with Crippen LogP contribution in [0.5, 0.6) is 11.5 Å². The van der Waals surface area contributed by atoms with Gasteiger partial charge >= 0.3 is 0 Å². The molecule has 0 atom stereocenters. The van der Waals surface area contributed by atoms with Gasteiger partial charge in [-0.15, -0.1) is 0 Å². The SMILES string of the molecule is CCC(=O)c1ccc2c(c1)OCCCCO2. The van der Waals surface area contributed by atoms with Crippen LogP contribution in [0.2, 0.25) is 0 Å². The standard InChI is InChI=1S/C13H16O3/c1-2-11(14)10-5-6-12-13(9-10)16-8-4-3-7-15-12/h5-6,9H,2-4,7-8H2,1H3. The minimum absolute atomic E-state index is 0.133. The Morgan fingerprint density at radius 3 is 2.56 bits per heavy atom. The second-order valence-electron chi connectivity index (χ2n) is 3.84. The number of ether oxygens (including phenoxy) is 2. The van der Waals surface area contributed by atoms with Crippen LogP contribution in [0.15, 0.2) is 18.2 Å². The third-order valence-corrected chi connectivity index (χ3v) is 2.64. The van der Waals surface area contributed by atoms with E-state index in [0.29, 0.717) is 24.3 Å². The highest BCUT2D eigenvalue weighted by Crippen LogP contribution is 2.30. The molecule has 1 aliphatic rings. The van der Waals surface area contributed by atoms with Crippen LogP contribution in [0.4, 0.5) is 0 Å². The van der Waals surface area contributed by atoms with Crippen LogP contribution in [-0.2, 0) is 0 Å². The van der Waals surface area contributed by atoms with Crippen molar-refractivity contribution in [3.05, 3.63) is 23.8 Å². The summed E-state index contributed by atoms with van der Waals surface area (Å²) in [7, 11) is 0. The molecule has 16 heavy (non-hydrogen) atoms. The molecule has 0 N–H and O–H groups in total. The number of fused-ring (bicyclic) bond motifs is 1. The second-order valence-corrected chi connectivity index (χ2v) is 3.84. The Morgan fingerprint density at radius 1 is 1.19 bits per heavy atom. The molecule has 1 aliphatic heterocycles. The lowest BCUT2D eigenvalue weighted by molar-refractivity contribution is 0.0987. The number of hydrogen-bond acceptors (Lipinski definition) is 3. The molecular weight excluding hydrogens is 204 g/mol. The molecule has 2 rings (SSSR count). The van der Waals surface area contributed by atoms with Crippen molar-refractivity contribution in [1.29, 1.82) is 0 Å². The molecule has 1 aromatic rings. The van der Waals surface area contributed by atoms with Crippen molar-refractivity contribution in [1.82, 2.24) is 0 Å². The van der Waals surface area contributed by atoms with Gasteiger partial charge in [0, 0.05) is 12.0 Å². The van der Waals surface area contributed by atoms with Gasteiger partial charge in [-0.25, -0.2) is 0 Å². The average Bonchev–Trinajstić information content (AvgIpc) is 2.28. The summed E-state index contributed by atoms with van der Waals surface area (Å²) in [5.74, 6) is 1.57. The van der Waals surface area contributed by atoms with Crippen molar-refractivity contribution in [2.75, 3.05) is 13.2 Å². The summed E-state index contributed by atoms with van der Waals surface area (Å²) < 4.78 is 11.1. The first kappa shape index (κ1) is 11.0. The average molecular weight is 220 g/mol. The molecule has 1 heterocycles. The summed E-state index contributed by atoms with van der Waals surface area (Å²) in [4.78, 5) is 11.6. The number of benzene rings is 1. The van der Waals surface area contributed by atoms with Crippen LogP contribution >= 0.6 is 0 Å². The van der Waals surface area contributed by atoms with Gasteiger partial charge in [0.15, 0.2) is 17.3 Å². The van der Waals surface area contributed by atoms with Crippen molar-refractivity contribution in [3.63, 3.8) is 0 Å². The third kappa shape index (κ3) is 2.35. The molecule has 86 valence electrons. The Bertz CT molecular complexity index is 385. The van der Waals surface area contributed by atoms with E-state index >= 15 is 0 Å². The van der Waals surface area contributed by atoms with Crippen LogP contribution in [0.25, 0.3) is 0 Å². The van der Waals surface area contributed by atoms with Gasteiger partial charge < -0.3 is 9.47 Å². The van der Waals surface area contributed by atoms with Crippen LogP contribution in [0.1, 0.15) is 36.5 Å². The molecule has 3 nitrogen and oxygen atoms in total. The van der Waals surface area contributed by atoms with Gasteiger partial charge in [-0.05, 0) is 31.0 Å². The summed E-state index contributed by atoms with van der Waals surface area (Å²) >= 11 is 0. The van der Waals surface area contributed by atoms with E-state index in [2.05, 4.69) is 0 Å². The van der Waals surface area contributed by atoms with Crippen molar-refractivity contribution in [2.45, 2.75) is 26.2 Å². The van der Waals surface area contributed by atoms with E-state index in [1.165, 1.54) is 0 Å². The van der Waals surface area contributed by atoms with Crippen LogP contribution < -0.4 is 9.47 Å². The maximum Gasteiger partial charge on any atom is 0.162 e. The molecule has 0 saturated carbocycles. The van der Waals surface area contributed by atoms with E-state index in [1.54, 1.807) is 12.1 Å². The quantitative estimate of drug-likeness (QED) is 0.719. The van der Waals surface area contributed by atoms with E-state index in [0.717, 1.165) is 25.2 Å². The molecule has 3 heteroatoms. The highest BCUT2D eigenvalue weighted by Gasteiger charge is 2.12. The molecule has 0 aliphatic carbocycles. The number of Topliss-reactive ketones (excluding diaryl/α,β-unsaturated/α-hetero) is 1. The lowest BCUT2D eigenvalue weighted by Gasteiger charge is -2.16. The molecule has 0 radical (unpaired) electrons. The number of carbonyl (C=O) groups is 1. The van der Waals surface area contributed by atoms with Gasteiger partial charge in [-0.2, -0.15) is 0 Å². The van der Waals surface area contributed by atoms with Crippen molar-refractivity contribution < 1.29 is 14.3 Å². The highest BCUT2D eigenvalue weighted by molar-refractivity contribution is 5.96. The van der Waals surface area contributed by atoms with Crippen molar-refractivity contribution >= 4 is 5.78 Å². The first-order valence-electron chi connectivity index (χ1n) is 5.74. The molecule has 0 bridgehead atoms. The van der Waals surface area contributed by atoms with E-state index in [4.69, 9.17) is 9.47 Å². The molecule has 0 saturated heterocycles. The van der Waals surface area contributed by atoms with Crippen molar-refractivity contribution in [3.8, 4) is 11.5 Å². The summed E-state index contributed by atoms with van der Waals surface area (Å²) in [5.41, 5.74) is 0.699. The van der Waals surface area contributed by atoms with Crippen LogP contribution in [0, 0.1) is 0 Å². The Balaban J connectivity index is 2.28. The normalized spacial score (nSPS) is 15.1. The first-order valence-corrected chi connectivity index (χ1v) is 5.74. The van der Waals surface area contributed by atoms with E-state index in [1.807, 2.05) is 13.0 Å². The Morgan fingerprint density at radius 2 is 1.88 bits per heavy atom. The lowest BCUT2D eigenvalue weighted by Crippen LogP contribution is -2.09. The zero-order valence-corrected chi connectivity index (χ0v) is 9.49. The maximum absolute atomic E-state index is 11.6. The Labute approximate surface area is 95.4 Å². The number of rotatable bonds is 2. The number of carbonyl (C=O) groups excluding carboxylic acids is 1. The lowest BCUT2D eigenvalue weighted by atomic mass is 10.1. The van der Waals surface area contributed by atoms with Gasteiger partial charge in [-0.1, -0.05) is 6.92 Å². The fourth-order valence-corrected chi connectivity index (χ4v) is 1.69. The van der Waals surface area contributed by atoms with Crippen molar-refractivity contribution in [2.24, 2.45) is 0 Å². The molecule has 0 fully saturated rings.